The number of amides is 2. The first-order chi connectivity index (χ1) is 20.5. The number of phenols is 1. The second kappa shape index (κ2) is 12.0. The number of hydrogen-bond donors (Lipinski definition) is 3. The number of nitrogens with zero attached hydrogens (tertiary/aromatic N) is 1. The maximum absolute atomic E-state index is 13.8. The average Bonchev–Trinajstić information content (AvgIpc) is 3.54. The Balaban J connectivity index is 1.18. The molecule has 3 aromatic carbocycles. The number of ether oxygens (including phenoxy) is 1. The van der Waals surface area contributed by atoms with Gasteiger partial charge in [0.05, 0.1) is 36.8 Å². The monoisotopic (exact) mass is 564 g/mol. The van der Waals surface area contributed by atoms with E-state index < -0.39 is 11.8 Å². The van der Waals surface area contributed by atoms with Crippen molar-refractivity contribution in [1.29, 1.82) is 0 Å². The lowest BCUT2D eigenvalue weighted by Crippen LogP contribution is -2.35. The van der Waals surface area contributed by atoms with Crippen molar-refractivity contribution in [3.05, 3.63) is 101 Å². The number of para-hydroxylation sites is 1. The van der Waals surface area contributed by atoms with Gasteiger partial charge in [-0.2, -0.15) is 0 Å². The van der Waals surface area contributed by atoms with Gasteiger partial charge in [0.2, 0.25) is 11.8 Å². The summed E-state index contributed by atoms with van der Waals surface area (Å²) in [5.41, 5.74) is 6.41. The first kappa shape index (κ1) is 27.9. The summed E-state index contributed by atoms with van der Waals surface area (Å²) in [7, 11) is 0. The zero-order chi connectivity index (χ0) is 29.2. The van der Waals surface area contributed by atoms with Crippen LogP contribution in [0.2, 0.25) is 0 Å². The lowest BCUT2D eigenvalue weighted by atomic mass is 9.69. The molecule has 2 aliphatic heterocycles. The molecule has 42 heavy (non-hydrogen) atoms. The van der Waals surface area contributed by atoms with E-state index in [2.05, 4.69) is 18.3 Å². The van der Waals surface area contributed by atoms with Crippen LogP contribution in [-0.4, -0.2) is 41.3 Å². The van der Waals surface area contributed by atoms with Crippen LogP contribution in [0.5, 0.6) is 5.75 Å². The van der Waals surface area contributed by atoms with Crippen LogP contribution in [0, 0.1) is 17.8 Å². The van der Waals surface area contributed by atoms with E-state index in [1.807, 2.05) is 54.6 Å². The second-order valence-electron chi connectivity index (χ2n) is 11.3. The molecular weight excluding hydrogens is 528 g/mol. The molecule has 7 nitrogen and oxygen atoms in total. The fourth-order valence-electron chi connectivity index (χ4n) is 6.77. The third-order valence-electron chi connectivity index (χ3n) is 8.81. The Labute approximate surface area is 246 Å². The maximum Gasteiger partial charge on any atom is 0.238 e. The number of nitrogens with one attached hydrogen (secondary N) is 1. The van der Waals surface area contributed by atoms with Gasteiger partial charge < -0.3 is 20.3 Å². The Kier molecular flexibility index (Phi) is 7.96. The predicted molar refractivity (Wildman–Crippen MR) is 163 cm³/mol. The van der Waals surface area contributed by atoms with Gasteiger partial charge in [-0.25, -0.2) is 0 Å². The van der Waals surface area contributed by atoms with Crippen molar-refractivity contribution in [3.63, 3.8) is 0 Å². The average molecular weight is 565 g/mol. The van der Waals surface area contributed by atoms with Crippen LogP contribution >= 0.6 is 0 Å². The smallest absolute Gasteiger partial charge is 0.238 e. The number of anilines is 3. The number of fused-ring (bicyclic) bond motifs is 3. The van der Waals surface area contributed by atoms with Crippen LogP contribution in [0.3, 0.4) is 0 Å². The fraction of sp³-hybridized carbons (Fsp3) is 0.314. The Morgan fingerprint density at radius 3 is 2.45 bits per heavy atom. The third kappa shape index (κ3) is 5.38. The molecule has 0 aromatic heterocycles. The molecule has 216 valence electrons. The number of rotatable bonds is 9. The number of aromatic hydroxyl groups is 1. The molecule has 2 amide bonds. The van der Waals surface area contributed by atoms with E-state index in [1.54, 1.807) is 24.3 Å². The van der Waals surface area contributed by atoms with Crippen LogP contribution in [-0.2, 0) is 14.3 Å². The summed E-state index contributed by atoms with van der Waals surface area (Å²) < 4.78 is 6.27. The molecule has 3 aromatic rings. The highest BCUT2D eigenvalue weighted by atomic mass is 16.5. The molecule has 7 heteroatoms. The van der Waals surface area contributed by atoms with Gasteiger partial charge in [-0.3, -0.25) is 14.5 Å². The maximum atomic E-state index is 13.8. The van der Waals surface area contributed by atoms with Crippen molar-refractivity contribution in [2.24, 2.45) is 17.8 Å². The molecule has 0 saturated carbocycles. The number of aliphatic hydroxyl groups is 1. The van der Waals surface area contributed by atoms with Crippen molar-refractivity contribution in [3.8, 4) is 5.75 Å². The van der Waals surface area contributed by atoms with E-state index in [0.29, 0.717) is 18.7 Å². The zero-order valence-corrected chi connectivity index (χ0v) is 23.7. The number of hydrogen-bond acceptors (Lipinski definition) is 6. The van der Waals surface area contributed by atoms with Gasteiger partial charge >= 0.3 is 0 Å². The standard InChI is InChI=1S/C35H36N2O5/c1-2-22(17-23-7-6-10-28(39)18-23)11-16-31-32-24(20-38)19-29-33(30(32)21-42-31)35(41)37(34(29)40)27-14-12-26(13-15-27)36-25-8-4-3-5-9-25/h3-10,12-15,17-18,29-31,33,36,38-39H,2,11,16,19-21H2,1H3/b22-17+/t29-,30+,31-,33-/m1/s1. The first-order valence-electron chi connectivity index (χ1n) is 14.7. The van der Waals surface area contributed by atoms with Crippen molar-refractivity contribution < 1.29 is 24.5 Å². The summed E-state index contributed by atoms with van der Waals surface area (Å²) >= 11 is 0. The molecular formula is C35H36N2O5. The minimum atomic E-state index is -0.491. The largest absolute Gasteiger partial charge is 0.508 e. The van der Waals surface area contributed by atoms with Crippen LogP contribution < -0.4 is 10.2 Å². The molecule has 2 heterocycles. The molecule has 0 unspecified atom stereocenters. The number of imide groups is 1. The topological polar surface area (TPSA) is 99.1 Å². The number of allylic oxidation sites excluding steroid dienone is 1. The lowest BCUT2D eigenvalue weighted by molar-refractivity contribution is -0.122. The first-order valence-corrected chi connectivity index (χ1v) is 14.7. The van der Waals surface area contributed by atoms with Gasteiger partial charge in [-0.05, 0) is 90.9 Å². The van der Waals surface area contributed by atoms with Gasteiger partial charge in [0.1, 0.15) is 5.75 Å². The van der Waals surface area contributed by atoms with Crippen molar-refractivity contribution >= 4 is 35.0 Å². The molecule has 0 spiro atoms. The highest BCUT2D eigenvalue weighted by Gasteiger charge is 2.57. The predicted octanol–water partition coefficient (Wildman–Crippen LogP) is 6.22. The van der Waals surface area contributed by atoms with E-state index in [0.717, 1.165) is 47.3 Å². The normalized spacial score (nSPS) is 23.8. The number of benzene rings is 3. The Hall–Kier alpha value is -4.20. The van der Waals surface area contributed by atoms with E-state index in [1.165, 1.54) is 10.5 Å². The van der Waals surface area contributed by atoms with E-state index in [-0.39, 0.29) is 36.2 Å². The number of phenolic OH excluding ortho intramolecular Hbond substituents is 1. The summed E-state index contributed by atoms with van der Waals surface area (Å²) in [5, 5.41) is 23.5. The number of carbonyl (C=O) groups excluding carboxylic acids is 2. The molecule has 3 aliphatic rings. The van der Waals surface area contributed by atoms with Crippen LogP contribution in [0.25, 0.3) is 6.08 Å². The molecule has 6 rings (SSSR count). The minimum Gasteiger partial charge on any atom is -0.508 e. The summed E-state index contributed by atoms with van der Waals surface area (Å²) in [5.74, 6) is -1.34. The SMILES string of the molecule is CC/C(=C\c1cccc(O)c1)CC[C@H]1OC[C@H]2C1=C(CO)C[C@H]1C(=O)N(c3ccc(Nc4ccccc4)cc3)C(=O)[C@H]12. The minimum absolute atomic E-state index is 0.143. The van der Waals surface area contributed by atoms with Crippen molar-refractivity contribution in [2.45, 2.75) is 38.7 Å². The molecule has 1 aliphatic carbocycles. The lowest BCUT2D eigenvalue weighted by Gasteiger charge is -2.31. The molecule has 2 fully saturated rings. The molecule has 0 bridgehead atoms. The summed E-state index contributed by atoms with van der Waals surface area (Å²) in [4.78, 5) is 28.8. The van der Waals surface area contributed by atoms with Crippen LogP contribution in [0.15, 0.2) is 95.6 Å². The van der Waals surface area contributed by atoms with Crippen LogP contribution in [0.4, 0.5) is 17.1 Å². The molecule has 2 saturated heterocycles. The van der Waals surface area contributed by atoms with Gasteiger partial charge in [0, 0.05) is 17.3 Å². The van der Waals surface area contributed by atoms with Gasteiger partial charge in [-0.15, -0.1) is 0 Å². The molecule has 4 atom stereocenters. The Bertz CT molecular complexity index is 1530. The summed E-state index contributed by atoms with van der Waals surface area (Å²) in [6, 6.07) is 24.4. The third-order valence-corrected chi connectivity index (χ3v) is 8.81. The van der Waals surface area contributed by atoms with Crippen molar-refractivity contribution in [2.75, 3.05) is 23.4 Å². The molecule has 3 N–H and O–H groups in total. The zero-order valence-electron chi connectivity index (χ0n) is 23.7. The fourth-order valence-corrected chi connectivity index (χ4v) is 6.77. The van der Waals surface area contributed by atoms with Gasteiger partial charge in [0.25, 0.3) is 0 Å². The highest BCUT2D eigenvalue weighted by Crippen LogP contribution is 2.50. The number of carbonyl (C=O) groups is 2. The van der Waals surface area contributed by atoms with E-state index >= 15 is 0 Å². The number of aliphatic hydroxyl groups excluding tert-OH is 1. The Morgan fingerprint density at radius 2 is 1.74 bits per heavy atom. The van der Waals surface area contributed by atoms with Crippen LogP contribution in [0.1, 0.15) is 38.2 Å². The van der Waals surface area contributed by atoms with E-state index in [4.69, 9.17) is 4.74 Å². The summed E-state index contributed by atoms with van der Waals surface area (Å²) in [6.45, 7) is 2.34. The van der Waals surface area contributed by atoms with Gasteiger partial charge in [-0.1, -0.05) is 48.9 Å². The van der Waals surface area contributed by atoms with E-state index in [9.17, 15) is 19.8 Å². The quantitative estimate of drug-likeness (QED) is 0.211. The van der Waals surface area contributed by atoms with Crippen molar-refractivity contribution in [1.82, 2.24) is 0 Å². The summed E-state index contributed by atoms with van der Waals surface area (Å²) in [6.07, 6.45) is 4.67. The second-order valence-corrected chi connectivity index (χ2v) is 11.3. The molecule has 0 radical (unpaired) electrons. The highest BCUT2D eigenvalue weighted by molar-refractivity contribution is 6.22. The van der Waals surface area contributed by atoms with Gasteiger partial charge in [0.15, 0.2) is 0 Å². The Morgan fingerprint density at radius 1 is 0.976 bits per heavy atom.